The molecule has 0 aliphatic carbocycles. The summed E-state index contributed by atoms with van der Waals surface area (Å²) in [5.41, 5.74) is 7.56. The highest BCUT2D eigenvalue weighted by atomic mass is 16.2. The molecule has 1 aliphatic heterocycles. The van der Waals surface area contributed by atoms with E-state index in [1.54, 1.807) is 13.0 Å². The summed E-state index contributed by atoms with van der Waals surface area (Å²) >= 11 is 0. The van der Waals surface area contributed by atoms with Gasteiger partial charge < -0.3 is 16.0 Å². The van der Waals surface area contributed by atoms with Crippen LogP contribution in [0, 0.1) is 5.92 Å². The number of nitrogens with one attached hydrogen (secondary N) is 1. The molecule has 3 amide bonds. The number of nitrogens with zero attached hydrogens (tertiary/aromatic N) is 2. The number of carbonyl (C=O) groups excluding carboxylic acids is 3. The van der Waals surface area contributed by atoms with Crippen molar-refractivity contribution in [3.63, 3.8) is 0 Å². The molecular formula is C24H38N4O3. The van der Waals surface area contributed by atoms with E-state index >= 15 is 0 Å². The SMILES string of the molecule is CC(=O)N1CCCCCCCN(CC(C)C)Cc2cc(C(=O)NCCC(N)=O)ccc21. The van der Waals surface area contributed by atoms with Gasteiger partial charge in [0, 0.05) is 50.8 Å². The molecular weight excluding hydrogens is 392 g/mol. The molecule has 0 aromatic heterocycles. The summed E-state index contributed by atoms with van der Waals surface area (Å²) in [6.45, 7) is 9.59. The largest absolute Gasteiger partial charge is 0.370 e. The minimum absolute atomic E-state index is 0.0207. The Labute approximate surface area is 186 Å². The van der Waals surface area contributed by atoms with E-state index in [2.05, 4.69) is 24.1 Å². The Morgan fingerprint density at radius 1 is 1.06 bits per heavy atom. The third kappa shape index (κ3) is 8.32. The Balaban J connectivity index is 2.36. The lowest BCUT2D eigenvalue weighted by molar-refractivity contribution is -0.118. The molecule has 7 nitrogen and oxygen atoms in total. The average molecular weight is 431 g/mol. The minimum atomic E-state index is -0.445. The van der Waals surface area contributed by atoms with Gasteiger partial charge in [-0.1, -0.05) is 33.1 Å². The number of hydrogen-bond donors (Lipinski definition) is 2. The van der Waals surface area contributed by atoms with Crippen LogP contribution in [-0.4, -0.2) is 48.8 Å². The normalized spacial score (nSPS) is 16.2. The van der Waals surface area contributed by atoms with Gasteiger partial charge in [0.15, 0.2) is 0 Å². The molecule has 0 radical (unpaired) electrons. The molecule has 1 aliphatic rings. The molecule has 0 spiro atoms. The number of fused-ring (bicyclic) bond motifs is 1. The van der Waals surface area contributed by atoms with E-state index in [1.807, 2.05) is 17.0 Å². The highest BCUT2D eigenvalue weighted by Gasteiger charge is 2.20. The highest BCUT2D eigenvalue weighted by molar-refractivity contribution is 5.97. The standard InChI is InChI=1S/C24H38N4O3/c1-18(2)16-27-13-7-5-4-6-8-14-28(19(3)29)22-10-9-20(15-21(22)17-27)24(31)26-12-11-23(25)30/h9-10,15,18H,4-8,11-14,16-17H2,1-3H3,(H2,25,30)(H,26,31). The lowest BCUT2D eigenvalue weighted by Gasteiger charge is -2.30. The fourth-order valence-corrected chi connectivity index (χ4v) is 4.09. The van der Waals surface area contributed by atoms with Crippen molar-refractivity contribution in [2.45, 2.75) is 65.8 Å². The van der Waals surface area contributed by atoms with Crippen molar-refractivity contribution in [3.8, 4) is 0 Å². The van der Waals surface area contributed by atoms with Gasteiger partial charge in [-0.2, -0.15) is 0 Å². The average Bonchev–Trinajstić information content (AvgIpc) is 2.68. The first kappa shape index (κ1) is 24.9. The van der Waals surface area contributed by atoms with Crippen molar-refractivity contribution >= 4 is 23.4 Å². The first-order chi connectivity index (χ1) is 14.8. The van der Waals surface area contributed by atoms with Gasteiger partial charge in [-0.05, 0) is 49.1 Å². The summed E-state index contributed by atoms with van der Waals surface area (Å²) in [5.74, 6) is -0.132. The van der Waals surface area contributed by atoms with Gasteiger partial charge in [0.05, 0.1) is 0 Å². The van der Waals surface area contributed by atoms with Gasteiger partial charge in [-0.15, -0.1) is 0 Å². The monoisotopic (exact) mass is 430 g/mol. The molecule has 3 N–H and O–H groups in total. The molecule has 0 unspecified atom stereocenters. The van der Waals surface area contributed by atoms with E-state index in [0.29, 0.717) is 24.6 Å². The predicted molar refractivity (Wildman–Crippen MR) is 124 cm³/mol. The molecule has 2 rings (SSSR count). The minimum Gasteiger partial charge on any atom is -0.370 e. The van der Waals surface area contributed by atoms with Crippen LogP contribution >= 0.6 is 0 Å². The second-order valence-corrected chi connectivity index (χ2v) is 8.88. The lowest BCUT2D eigenvalue weighted by atomic mass is 10.0. The van der Waals surface area contributed by atoms with Crippen LogP contribution in [0.1, 0.15) is 75.2 Å². The number of carbonyl (C=O) groups is 3. The van der Waals surface area contributed by atoms with Crippen LogP contribution in [0.3, 0.4) is 0 Å². The molecule has 1 heterocycles. The van der Waals surface area contributed by atoms with Crippen LogP contribution in [-0.2, 0) is 16.1 Å². The van der Waals surface area contributed by atoms with Crippen LogP contribution in [0.15, 0.2) is 18.2 Å². The van der Waals surface area contributed by atoms with E-state index in [1.165, 1.54) is 12.8 Å². The maximum atomic E-state index is 12.6. The van der Waals surface area contributed by atoms with Crippen molar-refractivity contribution in [2.24, 2.45) is 11.7 Å². The predicted octanol–water partition coefficient (Wildman–Crippen LogP) is 3.07. The van der Waals surface area contributed by atoms with E-state index in [0.717, 1.165) is 43.6 Å². The molecule has 31 heavy (non-hydrogen) atoms. The van der Waals surface area contributed by atoms with Gasteiger partial charge in [-0.25, -0.2) is 0 Å². The van der Waals surface area contributed by atoms with Crippen molar-refractivity contribution in [2.75, 3.05) is 31.1 Å². The fourth-order valence-electron chi connectivity index (χ4n) is 4.09. The molecule has 0 saturated carbocycles. The van der Waals surface area contributed by atoms with E-state index in [9.17, 15) is 14.4 Å². The fraction of sp³-hybridized carbons (Fsp3) is 0.625. The summed E-state index contributed by atoms with van der Waals surface area (Å²) in [7, 11) is 0. The summed E-state index contributed by atoms with van der Waals surface area (Å²) < 4.78 is 0. The summed E-state index contributed by atoms with van der Waals surface area (Å²) in [4.78, 5) is 40.3. The molecule has 0 saturated heterocycles. The Morgan fingerprint density at radius 3 is 2.39 bits per heavy atom. The second-order valence-electron chi connectivity index (χ2n) is 8.88. The van der Waals surface area contributed by atoms with E-state index in [4.69, 9.17) is 5.73 Å². The van der Waals surface area contributed by atoms with Gasteiger partial charge in [-0.3, -0.25) is 19.3 Å². The number of nitrogens with two attached hydrogens (primary N) is 1. The van der Waals surface area contributed by atoms with Crippen molar-refractivity contribution in [1.29, 1.82) is 0 Å². The Morgan fingerprint density at radius 2 is 1.74 bits per heavy atom. The number of hydrogen-bond acceptors (Lipinski definition) is 4. The zero-order valence-corrected chi connectivity index (χ0v) is 19.3. The molecule has 0 atom stereocenters. The van der Waals surface area contributed by atoms with Crippen molar-refractivity contribution in [3.05, 3.63) is 29.3 Å². The molecule has 0 bridgehead atoms. The van der Waals surface area contributed by atoms with Crippen LogP contribution in [0.25, 0.3) is 0 Å². The Bertz CT molecular complexity index is 763. The smallest absolute Gasteiger partial charge is 0.251 e. The van der Waals surface area contributed by atoms with Crippen molar-refractivity contribution in [1.82, 2.24) is 10.2 Å². The number of rotatable bonds is 6. The summed E-state index contributed by atoms with van der Waals surface area (Å²) in [6.07, 6.45) is 5.75. The Kier molecular flexibility index (Phi) is 9.98. The molecule has 0 fully saturated rings. The van der Waals surface area contributed by atoms with Gasteiger partial charge in [0.2, 0.25) is 11.8 Å². The second kappa shape index (κ2) is 12.4. The molecule has 172 valence electrons. The number of primary amides is 1. The summed E-state index contributed by atoms with van der Waals surface area (Å²) in [5, 5.41) is 2.75. The highest BCUT2D eigenvalue weighted by Crippen LogP contribution is 2.26. The van der Waals surface area contributed by atoms with Crippen LogP contribution in [0.5, 0.6) is 0 Å². The summed E-state index contributed by atoms with van der Waals surface area (Å²) in [6, 6.07) is 5.54. The maximum absolute atomic E-state index is 12.6. The third-order valence-corrected chi connectivity index (χ3v) is 5.54. The van der Waals surface area contributed by atoms with Gasteiger partial charge in [0.1, 0.15) is 0 Å². The van der Waals surface area contributed by atoms with Crippen LogP contribution in [0.4, 0.5) is 5.69 Å². The van der Waals surface area contributed by atoms with Crippen LogP contribution < -0.4 is 16.0 Å². The van der Waals surface area contributed by atoms with Gasteiger partial charge in [0.25, 0.3) is 5.91 Å². The number of anilines is 1. The number of benzene rings is 1. The quantitative estimate of drug-likeness (QED) is 0.725. The zero-order valence-electron chi connectivity index (χ0n) is 19.3. The maximum Gasteiger partial charge on any atom is 0.251 e. The van der Waals surface area contributed by atoms with Crippen molar-refractivity contribution < 1.29 is 14.4 Å². The van der Waals surface area contributed by atoms with E-state index < -0.39 is 5.91 Å². The first-order valence-corrected chi connectivity index (χ1v) is 11.5. The van der Waals surface area contributed by atoms with E-state index in [-0.39, 0.29) is 24.8 Å². The van der Waals surface area contributed by atoms with Gasteiger partial charge >= 0.3 is 0 Å². The zero-order chi connectivity index (χ0) is 22.8. The lowest BCUT2D eigenvalue weighted by Crippen LogP contribution is -2.34. The molecule has 1 aromatic carbocycles. The van der Waals surface area contributed by atoms with Crippen LogP contribution in [0.2, 0.25) is 0 Å². The third-order valence-electron chi connectivity index (χ3n) is 5.54. The number of amides is 3. The topological polar surface area (TPSA) is 95.7 Å². The Hall–Kier alpha value is -2.41. The first-order valence-electron chi connectivity index (χ1n) is 11.5. The molecule has 7 heteroatoms. The molecule has 1 aromatic rings.